The average molecular weight is 271 g/mol. The first kappa shape index (κ1) is 15.6. The maximum Gasteiger partial charge on any atom is 0.257 e. The van der Waals surface area contributed by atoms with Crippen LogP contribution in [0.25, 0.3) is 0 Å². The monoisotopic (exact) mass is 271 g/mol. The fourth-order valence-corrected chi connectivity index (χ4v) is 1.76. The van der Waals surface area contributed by atoms with Crippen molar-refractivity contribution >= 4 is 5.91 Å². The van der Waals surface area contributed by atoms with E-state index in [4.69, 9.17) is 4.74 Å². The zero-order valence-electron chi connectivity index (χ0n) is 11.5. The summed E-state index contributed by atoms with van der Waals surface area (Å²) in [6.45, 7) is 4.50. The van der Waals surface area contributed by atoms with Crippen LogP contribution >= 0.6 is 0 Å². The molecule has 1 unspecified atom stereocenters. The Morgan fingerprint density at radius 1 is 1.42 bits per heavy atom. The Morgan fingerprint density at radius 2 is 2.11 bits per heavy atom. The highest BCUT2D eigenvalue weighted by Crippen LogP contribution is 2.16. The highest BCUT2D eigenvalue weighted by Gasteiger charge is 2.24. The lowest BCUT2D eigenvalue weighted by atomic mass is 10.1. The highest BCUT2D eigenvalue weighted by atomic mass is 19.2. The van der Waals surface area contributed by atoms with Crippen LogP contribution in [-0.2, 0) is 4.74 Å². The Labute approximate surface area is 112 Å². The SMILES string of the molecule is CCC(C)N(CCOC)C(=O)c1cccc(F)c1F. The topological polar surface area (TPSA) is 29.5 Å². The summed E-state index contributed by atoms with van der Waals surface area (Å²) < 4.78 is 31.8. The third-order valence-electron chi connectivity index (χ3n) is 3.10. The molecule has 1 aromatic rings. The summed E-state index contributed by atoms with van der Waals surface area (Å²) in [5.41, 5.74) is -0.239. The Morgan fingerprint density at radius 3 is 2.68 bits per heavy atom. The summed E-state index contributed by atoms with van der Waals surface area (Å²) in [6.07, 6.45) is 0.729. The van der Waals surface area contributed by atoms with Crippen molar-refractivity contribution in [1.82, 2.24) is 4.90 Å². The van der Waals surface area contributed by atoms with E-state index in [2.05, 4.69) is 0 Å². The Hall–Kier alpha value is -1.49. The van der Waals surface area contributed by atoms with Crippen molar-refractivity contribution in [1.29, 1.82) is 0 Å². The van der Waals surface area contributed by atoms with Gasteiger partial charge in [0.05, 0.1) is 12.2 Å². The minimum atomic E-state index is -1.10. The lowest BCUT2D eigenvalue weighted by Gasteiger charge is -2.28. The van der Waals surface area contributed by atoms with Gasteiger partial charge in [0.25, 0.3) is 5.91 Å². The normalized spacial score (nSPS) is 12.3. The van der Waals surface area contributed by atoms with Gasteiger partial charge in [-0.3, -0.25) is 4.79 Å². The Bertz CT molecular complexity index is 437. The summed E-state index contributed by atoms with van der Waals surface area (Å²) in [5.74, 6) is -2.62. The molecule has 0 bridgehead atoms. The number of methoxy groups -OCH3 is 1. The first-order valence-electron chi connectivity index (χ1n) is 6.26. The van der Waals surface area contributed by atoms with E-state index in [0.717, 1.165) is 12.5 Å². The van der Waals surface area contributed by atoms with E-state index in [0.29, 0.717) is 13.2 Å². The number of hydrogen-bond acceptors (Lipinski definition) is 2. The summed E-state index contributed by atoms with van der Waals surface area (Å²) in [6, 6.07) is 3.56. The highest BCUT2D eigenvalue weighted by molar-refractivity contribution is 5.94. The first-order valence-corrected chi connectivity index (χ1v) is 6.26. The van der Waals surface area contributed by atoms with Crippen LogP contribution in [0.4, 0.5) is 8.78 Å². The number of nitrogens with zero attached hydrogens (tertiary/aromatic N) is 1. The Kier molecular flexibility index (Phi) is 5.89. The molecule has 0 aliphatic heterocycles. The molecule has 0 heterocycles. The van der Waals surface area contributed by atoms with E-state index in [1.165, 1.54) is 24.1 Å². The van der Waals surface area contributed by atoms with Gasteiger partial charge in [0.1, 0.15) is 0 Å². The molecule has 0 aliphatic carbocycles. The molecule has 1 rings (SSSR count). The molecular weight excluding hydrogens is 252 g/mol. The molecular formula is C14H19F2NO2. The number of amides is 1. The van der Waals surface area contributed by atoms with Crippen LogP contribution in [0.5, 0.6) is 0 Å². The summed E-state index contributed by atoms with van der Waals surface area (Å²) in [4.78, 5) is 13.8. The van der Waals surface area contributed by atoms with Crippen molar-refractivity contribution < 1.29 is 18.3 Å². The number of halogens is 2. The molecule has 0 aliphatic rings. The summed E-state index contributed by atoms with van der Waals surface area (Å²) >= 11 is 0. The van der Waals surface area contributed by atoms with E-state index < -0.39 is 17.5 Å². The van der Waals surface area contributed by atoms with Gasteiger partial charge in [-0.05, 0) is 25.5 Å². The average Bonchev–Trinajstić information content (AvgIpc) is 2.41. The lowest BCUT2D eigenvalue weighted by molar-refractivity contribution is 0.0608. The van der Waals surface area contributed by atoms with Crippen LogP contribution in [0.15, 0.2) is 18.2 Å². The zero-order valence-corrected chi connectivity index (χ0v) is 11.5. The third kappa shape index (κ3) is 3.73. The van der Waals surface area contributed by atoms with Crippen LogP contribution in [-0.4, -0.2) is 37.1 Å². The van der Waals surface area contributed by atoms with Gasteiger partial charge in [-0.2, -0.15) is 0 Å². The van der Waals surface area contributed by atoms with Crippen molar-refractivity contribution in [2.24, 2.45) is 0 Å². The van der Waals surface area contributed by atoms with Crippen LogP contribution in [0, 0.1) is 11.6 Å². The predicted octanol–water partition coefficient (Wildman–Crippen LogP) is 2.85. The van der Waals surface area contributed by atoms with Gasteiger partial charge in [-0.25, -0.2) is 8.78 Å². The second kappa shape index (κ2) is 7.19. The molecule has 0 N–H and O–H groups in total. The quantitative estimate of drug-likeness (QED) is 0.796. The Balaban J connectivity index is 3.01. The van der Waals surface area contributed by atoms with E-state index in [-0.39, 0.29) is 11.6 Å². The molecule has 5 heteroatoms. The van der Waals surface area contributed by atoms with Gasteiger partial charge in [-0.15, -0.1) is 0 Å². The number of hydrogen-bond donors (Lipinski definition) is 0. The van der Waals surface area contributed by atoms with E-state index in [1.807, 2.05) is 13.8 Å². The van der Waals surface area contributed by atoms with Crippen LogP contribution in [0.2, 0.25) is 0 Å². The predicted molar refractivity (Wildman–Crippen MR) is 69.0 cm³/mol. The van der Waals surface area contributed by atoms with E-state index in [9.17, 15) is 13.6 Å². The van der Waals surface area contributed by atoms with Crippen molar-refractivity contribution in [2.45, 2.75) is 26.3 Å². The number of carbonyl (C=O) groups is 1. The third-order valence-corrected chi connectivity index (χ3v) is 3.10. The second-order valence-corrected chi connectivity index (χ2v) is 4.35. The molecule has 1 aromatic carbocycles. The van der Waals surface area contributed by atoms with Crippen LogP contribution in [0.1, 0.15) is 30.6 Å². The minimum Gasteiger partial charge on any atom is -0.383 e. The van der Waals surface area contributed by atoms with Crippen molar-refractivity contribution in [3.05, 3.63) is 35.4 Å². The molecule has 1 amide bonds. The van der Waals surface area contributed by atoms with Gasteiger partial charge in [0.15, 0.2) is 11.6 Å². The van der Waals surface area contributed by atoms with Gasteiger partial charge in [0.2, 0.25) is 0 Å². The van der Waals surface area contributed by atoms with Crippen molar-refractivity contribution in [2.75, 3.05) is 20.3 Å². The number of benzene rings is 1. The van der Waals surface area contributed by atoms with Gasteiger partial charge in [0, 0.05) is 19.7 Å². The summed E-state index contributed by atoms with van der Waals surface area (Å²) in [7, 11) is 1.53. The number of rotatable bonds is 6. The molecule has 0 saturated heterocycles. The molecule has 0 radical (unpaired) electrons. The first-order chi connectivity index (χ1) is 9.02. The fraction of sp³-hybridized carbons (Fsp3) is 0.500. The van der Waals surface area contributed by atoms with Gasteiger partial charge < -0.3 is 9.64 Å². The van der Waals surface area contributed by atoms with Crippen molar-refractivity contribution in [3.8, 4) is 0 Å². The van der Waals surface area contributed by atoms with Crippen LogP contribution < -0.4 is 0 Å². The number of carbonyl (C=O) groups excluding carboxylic acids is 1. The maximum absolute atomic E-state index is 13.6. The number of ether oxygens (including phenoxy) is 1. The van der Waals surface area contributed by atoms with Gasteiger partial charge in [-0.1, -0.05) is 13.0 Å². The van der Waals surface area contributed by atoms with E-state index in [1.54, 1.807) is 0 Å². The van der Waals surface area contributed by atoms with Gasteiger partial charge >= 0.3 is 0 Å². The molecule has 106 valence electrons. The second-order valence-electron chi connectivity index (χ2n) is 4.35. The standard InChI is InChI=1S/C14H19F2NO2/c1-4-10(2)17(8-9-19-3)14(18)11-6-5-7-12(15)13(11)16/h5-7,10H,4,8-9H2,1-3H3. The molecule has 1 atom stereocenters. The molecule has 0 saturated carbocycles. The zero-order chi connectivity index (χ0) is 14.4. The van der Waals surface area contributed by atoms with Crippen molar-refractivity contribution in [3.63, 3.8) is 0 Å². The molecule has 19 heavy (non-hydrogen) atoms. The molecule has 0 aromatic heterocycles. The van der Waals surface area contributed by atoms with E-state index >= 15 is 0 Å². The van der Waals surface area contributed by atoms with Crippen LogP contribution in [0.3, 0.4) is 0 Å². The smallest absolute Gasteiger partial charge is 0.257 e. The minimum absolute atomic E-state index is 0.0645. The summed E-state index contributed by atoms with van der Waals surface area (Å²) in [5, 5.41) is 0. The molecule has 0 spiro atoms. The fourth-order valence-electron chi connectivity index (χ4n) is 1.76. The largest absolute Gasteiger partial charge is 0.383 e. The molecule has 0 fully saturated rings. The maximum atomic E-state index is 13.6. The molecule has 3 nitrogen and oxygen atoms in total. The lowest BCUT2D eigenvalue weighted by Crippen LogP contribution is -2.41.